The Morgan fingerprint density at radius 1 is 1.16 bits per heavy atom. The van der Waals surface area contributed by atoms with Gasteiger partial charge in [0.1, 0.15) is 11.5 Å². The average molecular weight is 447 g/mol. The Morgan fingerprint density at radius 2 is 1.92 bits per heavy atom. The summed E-state index contributed by atoms with van der Waals surface area (Å²) in [6.07, 6.45) is 1.59. The highest BCUT2D eigenvalue weighted by atomic mass is 127. The number of aryl methyl sites for hydroxylation is 1. The number of benzene rings is 2. The number of furan rings is 1. The molecule has 3 rings (SSSR count). The molecular weight excluding hydrogens is 433 g/mol. The molecule has 126 valence electrons. The van der Waals surface area contributed by atoms with Crippen LogP contribution in [0.5, 0.6) is 0 Å². The molecule has 0 aliphatic carbocycles. The van der Waals surface area contributed by atoms with Crippen molar-refractivity contribution in [3.63, 3.8) is 0 Å². The van der Waals surface area contributed by atoms with Crippen LogP contribution < -0.4 is 5.43 Å². The van der Waals surface area contributed by atoms with E-state index in [1.54, 1.807) is 18.3 Å². The van der Waals surface area contributed by atoms with E-state index in [2.05, 4.69) is 33.1 Å². The fourth-order valence-electron chi connectivity index (χ4n) is 2.30. The van der Waals surface area contributed by atoms with Crippen LogP contribution in [0, 0.1) is 20.6 Å². The molecule has 0 fully saturated rings. The van der Waals surface area contributed by atoms with Crippen LogP contribution >= 0.6 is 22.6 Å². The number of hydrazone groups is 1. The molecule has 7 heteroatoms. The molecule has 1 N–H and O–H groups in total. The van der Waals surface area contributed by atoms with Gasteiger partial charge in [0.2, 0.25) is 0 Å². The zero-order chi connectivity index (χ0) is 17.8. The minimum atomic E-state index is -0.409. The van der Waals surface area contributed by atoms with Gasteiger partial charge in [-0.2, -0.15) is 5.10 Å². The van der Waals surface area contributed by atoms with Gasteiger partial charge in [0.25, 0.3) is 5.69 Å². The Morgan fingerprint density at radius 3 is 2.60 bits per heavy atom. The molecule has 0 aliphatic rings. The van der Waals surface area contributed by atoms with Crippen LogP contribution in [0.4, 0.5) is 11.4 Å². The summed E-state index contributed by atoms with van der Waals surface area (Å²) in [5.74, 6) is 1.23. The number of hydrogen-bond donors (Lipinski definition) is 1. The van der Waals surface area contributed by atoms with Crippen molar-refractivity contribution < 1.29 is 9.34 Å². The summed E-state index contributed by atoms with van der Waals surface area (Å²) in [4.78, 5) is 10.4. The first-order chi connectivity index (χ1) is 12.0. The van der Waals surface area contributed by atoms with Crippen LogP contribution in [0.3, 0.4) is 0 Å². The Balaban J connectivity index is 1.73. The zero-order valence-electron chi connectivity index (χ0n) is 13.3. The highest BCUT2D eigenvalue weighted by molar-refractivity contribution is 14.1. The van der Waals surface area contributed by atoms with Crippen LogP contribution in [0.25, 0.3) is 11.3 Å². The molecule has 1 heterocycles. The van der Waals surface area contributed by atoms with E-state index in [0.29, 0.717) is 11.5 Å². The van der Waals surface area contributed by atoms with Gasteiger partial charge in [0.05, 0.1) is 16.8 Å². The number of nitro benzene ring substituents is 1. The van der Waals surface area contributed by atoms with Gasteiger partial charge in [0.15, 0.2) is 0 Å². The lowest BCUT2D eigenvalue weighted by atomic mass is 10.1. The second-order valence-corrected chi connectivity index (χ2v) is 6.58. The smallest absolute Gasteiger partial charge is 0.269 e. The number of halogens is 1. The van der Waals surface area contributed by atoms with Crippen LogP contribution in [0.1, 0.15) is 11.3 Å². The fourth-order valence-corrected chi connectivity index (χ4v) is 2.66. The maximum Gasteiger partial charge on any atom is 0.269 e. The van der Waals surface area contributed by atoms with Crippen molar-refractivity contribution in [2.75, 3.05) is 5.43 Å². The largest absolute Gasteiger partial charge is 0.455 e. The van der Waals surface area contributed by atoms with Gasteiger partial charge < -0.3 is 4.42 Å². The summed E-state index contributed by atoms with van der Waals surface area (Å²) < 4.78 is 6.90. The SMILES string of the molecule is Cc1cc([N+](=O)[O-])ccc1-c1ccc(/C=N/Nc2ccc(I)cc2)o1. The average Bonchev–Trinajstić information content (AvgIpc) is 3.05. The van der Waals surface area contributed by atoms with E-state index in [4.69, 9.17) is 4.42 Å². The lowest BCUT2D eigenvalue weighted by molar-refractivity contribution is -0.384. The van der Waals surface area contributed by atoms with Crippen LogP contribution in [0.15, 0.2) is 64.1 Å². The third kappa shape index (κ3) is 4.24. The Hall–Kier alpha value is -2.68. The molecule has 0 aliphatic heterocycles. The predicted octanol–water partition coefficient (Wildman–Crippen LogP) is 5.21. The Labute approximate surface area is 157 Å². The van der Waals surface area contributed by atoms with Gasteiger partial charge in [0, 0.05) is 21.3 Å². The summed E-state index contributed by atoms with van der Waals surface area (Å²) in [6.45, 7) is 1.82. The maximum absolute atomic E-state index is 10.8. The van der Waals surface area contributed by atoms with Crippen molar-refractivity contribution in [3.8, 4) is 11.3 Å². The molecule has 0 amide bonds. The third-order valence-electron chi connectivity index (χ3n) is 3.54. The number of non-ortho nitro benzene ring substituents is 1. The monoisotopic (exact) mass is 447 g/mol. The van der Waals surface area contributed by atoms with Gasteiger partial charge in [-0.15, -0.1) is 0 Å². The quantitative estimate of drug-likeness (QED) is 0.252. The second kappa shape index (κ2) is 7.47. The fraction of sp³-hybridized carbons (Fsp3) is 0.0556. The van der Waals surface area contributed by atoms with Crippen molar-refractivity contribution in [3.05, 3.63) is 79.6 Å². The van der Waals surface area contributed by atoms with Crippen molar-refractivity contribution in [2.24, 2.45) is 5.10 Å². The standard InChI is InChI=1S/C18H14IN3O3/c1-12-10-15(22(23)24)6-8-17(12)18-9-7-16(25-18)11-20-21-14-4-2-13(19)3-5-14/h2-11,21H,1H3/b20-11+. The van der Waals surface area contributed by atoms with Crippen molar-refractivity contribution >= 4 is 40.2 Å². The van der Waals surface area contributed by atoms with E-state index in [9.17, 15) is 10.1 Å². The zero-order valence-corrected chi connectivity index (χ0v) is 15.4. The Bertz CT molecular complexity index is 933. The highest BCUT2D eigenvalue weighted by Crippen LogP contribution is 2.28. The third-order valence-corrected chi connectivity index (χ3v) is 4.26. The molecule has 1 aromatic heterocycles. The summed E-state index contributed by atoms with van der Waals surface area (Å²) in [5.41, 5.74) is 5.48. The summed E-state index contributed by atoms with van der Waals surface area (Å²) >= 11 is 2.24. The molecule has 25 heavy (non-hydrogen) atoms. The van der Waals surface area contributed by atoms with Crippen LogP contribution in [-0.4, -0.2) is 11.1 Å². The van der Waals surface area contributed by atoms with E-state index in [1.807, 2.05) is 37.3 Å². The molecule has 0 radical (unpaired) electrons. The minimum absolute atomic E-state index is 0.0660. The van der Waals surface area contributed by atoms with E-state index in [1.165, 1.54) is 12.1 Å². The lowest BCUT2D eigenvalue weighted by Gasteiger charge is -2.02. The van der Waals surface area contributed by atoms with Crippen molar-refractivity contribution in [1.29, 1.82) is 0 Å². The lowest BCUT2D eigenvalue weighted by Crippen LogP contribution is -1.90. The predicted molar refractivity (Wildman–Crippen MR) is 106 cm³/mol. The first-order valence-electron chi connectivity index (χ1n) is 7.43. The molecule has 2 aromatic carbocycles. The van der Waals surface area contributed by atoms with Gasteiger partial charge in [-0.05, 0) is 77.5 Å². The van der Waals surface area contributed by atoms with E-state index < -0.39 is 4.92 Å². The highest BCUT2D eigenvalue weighted by Gasteiger charge is 2.11. The van der Waals surface area contributed by atoms with Gasteiger partial charge >= 0.3 is 0 Å². The molecule has 0 bridgehead atoms. The molecule has 0 saturated carbocycles. The van der Waals surface area contributed by atoms with E-state index in [-0.39, 0.29) is 5.69 Å². The number of nitrogens with zero attached hydrogens (tertiary/aromatic N) is 2. The molecular formula is C18H14IN3O3. The molecule has 3 aromatic rings. The number of hydrogen-bond acceptors (Lipinski definition) is 5. The molecule has 0 unspecified atom stereocenters. The van der Waals surface area contributed by atoms with Crippen molar-refractivity contribution in [2.45, 2.75) is 6.92 Å². The topological polar surface area (TPSA) is 80.7 Å². The molecule has 0 spiro atoms. The number of nitrogens with one attached hydrogen (secondary N) is 1. The van der Waals surface area contributed by atoms with E-state index >= 15 is 0 Å². The molecule has 0 atom stereocenters. The first-order valence-corrected chi connectivity index (χ1v) is 8.51. The summed E-state index contributed by atoms with van der Waals surface area (Å²) in [6, 6.07) is 16.2. The molecule has 0 saturated heterocycles. The van der Waals surface area contributed by atoms with E-state index in [0.717, 1.165) is 20.4 Å². The van der Waals surface area contributed by atoms with Gasteiger partial charge in [-0.3, -0.25) is 15.5 Å². The number of nitro groups is 1. The Kier molecular flexibility index (Phi) is 5.13. The number of anilines is 1. The maximum atomic E-state index is 10.8. The van der Waals surface area contributed by atoms with Crippen LogP contribution in [0.2, 0.25) is 0 Å². The van der Waals surface area contributed by atoms with Crippen LogP contribution in [-0.2, 0) is 0 Å². The first kappa shape index (κ1) is 17.2. The summed E-state index contributed by atoms with van der Waals surface area (Å²) in [5, 5.41) is 15.0. The van der Waals surface area contributed by atoms with Crippen molar-refractivity contribution in [1.82, 2.24) is 0 Å². The molecule has 6 nitrogen and oxygen atoms in total. The number of rotatable bonds is 5. The normalized spacial score (nSPS) is 11.0. The second-order valence-electron chi connectivity index (χ2n) is 5.34. The van der Waals surface area contributed by atoms with Gasteiger partial charge in [-0.25, -0.2) is 0 Å². The summed E-state index contributed by atoms with van der Waals surface area (Å²) in [7, 11) is 0. The minimum Gasteiger partial charge on any atom is -0.455 e. The van der Waals surface area contributed by atoms with Gasteiger partial charge in [-0.1, -0.05) is 0 Å².